The molecule has 0 aliphatic rings. The quantitative estimate of drug-likeness (QED) is 0.342. The van der Waals surface area contributed by atoms with E-state index in [9.17, 15) is 10.2 Å². The van der Waals surface area contributed by atoms with Crippen LogP contribution in [0.3, 0.4) is 0 Å². The molecule has 0 saturated carbocycles. The molecule has 4 rings (SSSR count). The van der Waals surface area contributed by atoms with E-state index >= 15 is 0 Å². The zero-order chi connectivity index (χ0) is 22.2. The van der Waals surface area contributed by atoms with Crippen molar-refractivity contribution in [2.45, 2.75) is 26.1 Å². The topological polar surface area (TPSA) is 58.9 Å². The summed E-state index contributed by atoms with van der Waals surface area (Å²) in [6, 6.07) is 30.7. The van der Waals surface area contributed by atoms with Gasteiger partial charge in [0.05, 0.1) is 0 Å². The predicted octanol–water partition coefficient (Wildman–Crippen LogP) is 6.04. The third-order valence-corrected chi connectivity index (χ3v) is 5.26. The number of hydrogen-bond acceptors (Lipinski definition) is 4. The highest BCUT2D eigenvalue weighted by atomic mass is 16.5. The Balaban J connectivity index is 1.50. The van der Waals surface area contributed by atoms with Crippen LogP contribution in [-0.4, -0.2) is 10.2 Å². The van der Waals surface area contributed by atoms with Crippen LogP contribution in [0.4, 0.5) is 0 Å². The Kier molecular flexibility index (Phi) is 6.93. The maximum Gasteiger partial charge on any atom is 0.126 e. The lowest BCUT2D eigenvalue weighted by atomic mass is 10.0. The molecule has 0 amide bonds. The van der Waals surface area contributed by atoms with Crippen molar-refractivity contribution in [1.29, 1.82) is 0 Å². The number of benzene rings is 4. The van der Waals surface area contributed by atoms with Gasteiger partial charge in [0.1, 0.15) is 36.2 Å². The Bertz CT molecular complexity index is 1140. The van der Waals surface area contributed by atoms with Gasteiger partial charge in [-0.05, 0) is 47.2 Å². The number of hydrogen-bond donors (Lipinski definition) is 2. The second kappa shape index (κ2) is 10.4. The molecule has 0 aromatic heterocycles. The first-order valence-electron chi connectivity index (χ1n) is 10.6. The van der Waals surface area contributed by atoms with Gasteiger partial charge in [-0.15, -0.1) is 0 Å². The summed E-state index contributed by atoms with van der Waals surface area (Å²) in [5.41, 5.74) is 4.00. The summed E-state index contributed by atoms with van der Waals surface area (Å²) >= 11 is 0. The molecule has 0 saturated heterocycles. The number of phenols is 2. The van der Waals surface area contributed by atoms with Crippen molar-refractivity contribution in [2.24, 2.45) is 0 Å². The van der Waals surface area contributed by atoms with E-state index in [1.165, 1.54) is 6.07 Å². The molecule has 0 aliphatic carbocycles. The summed E-state index contributed by atoms with van der Waals surface area (Å²) in [5.74, 6) is 1.66. The van der Waals surface area contributed by atoms with Crippen LogP contribution in [0.1, 0.15) is 22.3 Å². The van der Waals surface area contributed by atoms with Crippen LogP contribution in [0.5, 0.6) is 23.0 Å². The zero-order valence-electron chi connectivity index (χ0n) is 17.8. The highest BCUT2D eigenvalue weighted by Gasteiger charge is 2.10. The normalized spacial score (nSPS) is 10.6. The smallest absolute Gasteiger partial charge is 0.126 e. The largest absolute Gasteiger partial charge is 0.508 e. The molecule has 0 fully saturated rings. The van der Waals surface area contributed by atoms with E-state index in [0.29, 0.717) is 26.1 Å². The van der Waals surface area contributed by atoms with Crippen LogP contribution in [0, 0.1) is 0 Å². The summed E-state index contributed by atoms with van der Waals surface area (Å²) in [7, 11) is 0. The molecule has 162 valence electrons. The molecule has 4 aromatic carbocycles. The highest BCUT2D eigenvalue weighted by Crippen LogP contribution is 2.30. The molecule has 0 bridgehead atoms. The third-order valence-electron chi connectivity index (χ3n) is 5.26. The third kappa shape index (κ3) is 5.82. The minimum Gasteiger partial charge on any atom is -0.508 e. The van der Waals surface area contributed by atoms with E-state index in [2.05, 4.69) is 0 Å². The number of rotatable bonds is 9. The molecule has 0 spiro atoms. The molecule has 4 heteroatoms. The van der Waals surface area contributed by atoms with Crippen molar-refractivity contribution < 1.29 is 19.7 Å². The second-order valence-electron chi connectivity index (χ2n) is 7.63. The van der Waals surface area contributed by atoms with Crippen molar-refractivity contribution >= 4 is 0 Å². The SMILES string of the molecule is Oc1ccc(CCc2ccc(OCc3ccccc3)cc2OCc2ccccc2)c(O)c1. The summed E-state index contributed by atoms with van der Waals surface area (Å²) in [6.45, 7) is 0.945. The molecule has 0 atom stereocenters. The van der Waals surface area contributed by atoms with Crippen molar-refractivity contribution in [2.75, 3.05) is 0 Å². The van der Waals surface area contributed by atoms with E-state index in [1.54, 1.807) is 12.1 Å². The monoisotopic (exact) mass is 426 g/mol. The van der Waals surface area contributed by atoms with Crippen LogP contribution >= 0.6 is 0 Å². The van der Waals surface area contributed by atoms with Gasteiger partial charge in [0, 0.05) is 12.1 Å². The molecule has 4 nitrogen and oxygen atoms in total. The van der Waals surface area contributed by atoms with E-state index in [0.717, 1.165) is 33.8 Å². The molecule has 0 heterocycles. The maximum absolute atomic E-state index is 10.1. The first-order chi connectivity index (χ1) is 15.7. The molecule has 2 N–H and O–H groups in total. The number of phenolic OH excluding ortho intramolecular Hbond substituents is 2. The van der Waals surface area contributed by atoms with Gasteiger partial charge < -0.3 is 19.7 Å². The van der Waals surface area contributed by atoms with E-state index in [1.807, 2.05) is 78.9 Å². The van der Waals surface area contributed by atoms with Crippen molar-refractivity contribution in [3.05, 3.63) is 119 Å². The molecular weight excluding hydrogens is 400 g/mol. The fourth-order valence-corrected chi connectivity index (χ4v) is 3.47. The van der Waals surface area contributed by atoms with Gasteiger partial charge in [-0.25, -0.2) is 0 Å². The van der Waals surface area contributed by atoms with E-state index in [-0.39, 0.29) is 11.5 Å². The van der Waals surface area contributed by atoms with Crippen LogP contribution in [-0.2, 0) is 26.1 Å². The fraction of sp³-hybridized carbons (Fsp3) is 0.143. The minimum atomic E-state index is 0.0538. The van der Waals surface area contributed by atoms with E-state index < -0.39 is 0 Å². The zero-order valence-corrected chi connectivity index (χ0v) is 17.8. The Morgan fingerprint density at radius 3 is 1.81 bits per heavy atom. The number of ether oxygens (including phenoxy) is 2. The summed E-state index contributed by atoms with van der Waals surface area (Å²) in [5, 5.41) is 19.6. The Morgan fingerprint density at radius 2 is 1.16 bits per heavy atom. The first kappa shape index (κ1) is 21.3. The van der Waals surface area contributed by atoms with Crippen LogP contribution in [0.15, 0.2) is 97.1 Å². The average Bonchev–Trinajstić information content (AvgIpc) is 2.83. The Hall–Kier alpha value is -3.92. The van der Waals surface area contributed by atoms with Gasteiger partial charge in [0.2, 0.25) is 0 Å². The molecule has 0 radical (unpaired) electrons. The van der Waals surface area contributed by atoms with Crippen molar-refractivity contribution in [3.63, 3.8) is 0 Å². The van der Waals surface area contributed by atoms with Gasteiger partial charge in [-0.1, -0.05) is 72.8 Å². The van der Waals surface area contributed by atoms with Crippen LogP contribution < -0.4 is 9.47 Å². The first-order valence-corrected chi connectivity index (χ1v) is 10.6. The Morgan fingerprint density at radius 1 is 0.562 bits per heavy atom. The molecular formula is C28H26O4. The lowest BCUT2D eigenvalue weighted by Gasteiger charge is -2.15. The second-order valence-corrected chi connectivity index (χ2v) is 7.63. The lowest BCUT2D eigenvalue weighted by Crippen LogP contribution is -2.02. The standard InChI is InChI=1S/C28H26O4/c29-25-15-13-23(27(30)17-25)11-12-24-14-16-26(31-19-21-7-3-1-4-8-21)18-28(24)32-20-22-9-5-2-6-10-22/h1-10,13-18,29-30H,11-12,19-20H2. The molecule has 4 aromatic rings. The van der Waals surface area contributed by atoms with Crippen molar-refractivity contribution in [3.8, 4) is 23.0 Å². The lowest BCUT2D eigenvalue weighted by molar-refractivity contribution is 0.288. The van der Waals surface area contributed by atoms with Crippen LogP contribution in [0.25, 0.3) is 0 Å². The fourth-order valence-electron chi connectivity index (χ4n) is 3.47. The highest BCUT2D eigenvalue weighted by molar-refractivity contribution is 5.43. The summed E-state index contributed by atoms with van der Waals surface area (Å²) < 4.78 is 12.2. The minimum absolute atomic E-state index is 0.0538. The molecule has 32 heavy (non-hydrogen) atoms. The summed E-state index contributed by atoms with van der Waals surface area (Å²) in [4.78, 5) is 0. The van der Waals surface area contributed by atoms with Gasteiger partial charge in [-0.2, -0.15) is 0 Å². The maximum atomic E-state index is 10.1. The van der Waals surface area contributed by atoms with Crippen molar-refractivity contribution in [1.82, 2.24) is 0 Å². The molecule has 0 unspecified atom stereocenters. The van der Waals surface area contributed by atoms with Gasteiger partial charge in [0.25, 0.3) is 0 Å². The van der Waals surface area contributed by atoms with Gasteiger partial charge in [-0.3, -0.25) is 0 Å². The van der Waals surface area contributed by atoms with Crippen LogP contribution in [0.2, 0.25) is 0 Å². The van der Waals surface area contributed by atoms with Gasteiger partial charge >= 0.3 is 0 Å². The average molecular weight is 427 g/mol. The summed E-state index contributed by atoms with van der Waals surface area (Å²) in [6.07, 6.45) is 1.31. The number of aryl methyl sites for hydroxylation is 2. The number of aromatic hydroxyl groups is 2. The van der Waals surface area contributed by atoms with Gasteiger partial charge in [0.15, 0.2) is 0 Å². The predicted molar refractivity (Wildman–Crippen MR) is 125 cm³/mol. The Labute approximate surface area is 188 Å². The molecule has 0 aliphatic heterocycles. The van der Waals surface area contributed by atoms with E-state index in [4.69, 9.17) is 9.47 Å².